The molecule has 16 heavy (non-hydrogen) atoms. The normalized spacial score (nSPS) is 12.1. The highest BCUT2D eigenvalue weighted by atomic mass is 32.1. The van der Waals surface area contributed by atoms with Crippen molar-refractivity contribution in [3.8, 4) is 0 Å². The summed E-state index contributed by atoms with van der Waals surface area (Å²) in [5.74, 6) is -0.0319. The quantitative estimate of drug-likeness (QED) is 0.793. The lowest BCUT2D eigenvalue weighted by molar-refractivity contribution is 0.0944. The molecule has 0 aliphatic carbocycles. The third kappa shape index (κ3) is 3.57. The second kappa shape index (κ2) is 5.96. The van der Waals surface area contributed by atoms with Gasteiger partial charge in [-0.1, -0.05) is 19.1 Å². The SMILES string of the molecule is CCc1ccsc1C(=O)NC(C)CC(N)=S. The molecular weight excluding hydrogens is 240 g/mol. The van der Waals surface area contributed by atoms with Crippen LogP contribution in [-0.4, -0.2) is 16.9 Å². The maximum atomic E-state index is 11.9. The van der Waals surface area contributed by atoms with E-state index in [1.54, 1.807) is 0 Å². The largest absolute Gasteiger partial charge is 0.393 e. The Kier molecular flexibility index (Phi) is 4.89. The molecule has 0 fully saturated rings. The first-order chi connectivity index (χ1) is 7.54. The molecule has 1 heterocycles. The van der Waals surface area contributed by atoms with Crippen molar-refractivity contribution in [2.24, 2.45) is 5.73 Å². The molecule has 1 unspecified atom stereocenters. The lowest BCUT2D eigenvalue weighted by Gasteiger charge is -2.12. The van der Waals surface area contributed by atoms with E-state index in [0.717, 1.165) is 16.9 Å². The van der Waals surface area contributed by atoms with Gasteiger partial charge in [-0.3, -0.25) is 4.79 Å². The second-order valence-corrected chi connectivity index (χ2v) is 5.11. The van der Waals surface area contributed by atoms with Crippen molar-refractivity contribution in [2.45, 2.75) is 32.7 Å². The van der Waals surface area contributed by atoms with Gasteiger partial charge in [0.2, 0.25) is 0 Å². The molecule has 0 spiro atoms. The average Bonchev–Trinajstić information content (AvgIpc) is 2.63. The zero-order chi connectivity index (χ0) is 12.1. The van der Waals surface area contributed by atoms with Crippen LogP contribution in [0.1, 0.15) is 35.5 Å². The predicted molar refractivity (Wildman–Crippen MR) is 72.0 cm³/mol. The topological polar surface area (TPSA) is 55.1 Å². The summed E-state index contributed by atoms with van der Waals surface area (Å²) in [4.78, 5) is 13.1. The number of rotatable bonds is 5. The molecule has 0 bridgehead atoms. The number of aryl methyl sites for hydroxylation is 1. The number of hydrogen-bond donors (Lipinski definition) is 2. The first kappa shape index (κ1) is 13.1. The molecule has 1 rings (SSSR count). The van der Waals surface area contributed by atoms with Gasteiger partial charge in [0.1, 0.15) is 0 Å². The van der Waals surface area contributed by atoms with Crippen LogP contribution in [0.2, 0.25) is 0 Å². The summed E-state index contributed by atoms with van der Waals surface area (Å²) in [6.45, 7) is 3.94. The predicted octanol–water partition coefficient (Wildman–Crippen LogP) is 2.11. The van der Waals surface area contributed by atoms with Crippen LogP contribution < -0.4 is 11.1 Å². The average molecular weight is 256 g/mol. The highest BCUT2D eigenvalue weighted by Crippen LogP contribution is 2.17. The van der Waals surface area contributed by atoms with Crippen LogP contribution in [0.4, 0.5) is 0 Å². The Morgan fingerprint density at radius 1 is 1.69 bits per heavy atom. The van der Waals surface area contributed by atoms with E-state index in [4.69, 9.17) is 18.0 Å². The first-order valence-corrected chi connectivity index (χ1v) is 6.49. The van der Waals surface area contributed by atoms with Crippen LogP contribution in [-0.2, 0) is 6.42 Å². The fourth-order valence-electron chi connectivity index (χ4n) is 1.46. The molecule has 1 aromatic heterocycles. The third-order valence-corrected chi connectivity index (χ3v) is 3.34. The number of thiophene rings is 1. The standard InChI is InChI=1S/C11H16N2OS2/c1-3-8-4-5-16-10(8)11(14)13-7(2)6-9(12)15/h4-5,7H,3,6H2,1-2H3,(H2,12,15)(H,13,14). The van der Waals surface area contributed by atoms with Crippen LogP contribution in [0, 0.1) is 0 Å². The van der Waals surface area contributed by atoms with Gasteiger partial charge in [-0.25, -0.2) is 0 Å². The van der Waals surface area contributed by atoms with E-state index in [2.05, 4.69) is 5.32 Å². The summed E-state index contributed by atoms with van der Waals surface area (Å²) >= 11 is 6.27. The maximum absolute atomic E-state index is 11.9. The molecule has 3 nitrogen and oxygen atoms in total. The first-order valence-electron chi connectivity index (χ1n) is 5.20. The zero-order valence-corrected chi connectivity index (χ0v) is 11.1. The van der Waals surface area contributed by atoms with Gasteiger partial charge < -0.3 is 11.1 Å². The molecule has 3 N–H and O–H groups in total. The molecule has 0 saturated heterocycles. The van der Waals surface area contributed by atoms with E-state index in [-0.39, 0.29) is 11.9 Å². The molecule has 1 amide bonds. The molecule has 0 saturated carbocycles. The van der Waals surface area contributed by atoms with E-state index >= 15 is 0 Å². The number of amides is 1. The van der Waals surface area contributed by atoms with Gasteiger partial charge in [-0.15, -0.1) is 11.3 Å². The van der Waals surface area contributed by atoms with E-state index < -0.39 is 0 Å². The van der Waals surface area contributed by atoms with Crippen molar-refractivity contribution in [2.75, 3.05) is 0 Å². The number of hydrogen-bond acceptors (Lipinski definition) is 3. The molecule has 88 valence electrons. The minimum absolute atomic E-state index is 0.0168. The van der Waals surface area contributed by atoms with Crippen molar-refractivity contribution in [3.05, 3.63) is 21.9 Å². The van der Waals surface area contributed by atoms with Crippen molar-refractivity contribution in [1.82, 2.24) is 5.32 Å². The van der Waals surface area contributed by atoms with Crippen LogP contribution in [0.5, 0.6) is 0 Å². The van der Waals surface area contributed by atoms with Crippen LogP contribution in [0.25, 0.3) is 0 Å². The van der Waals surface area contributed by atoms with Crippen molar-refractivity contribution in [1.29, 1.82) is 0 Å². The highest BCUT2D eigenvalue weighted by Gasteiger charge is 2.14. The van der Waals surface area contributed by atoms with Gasteiger partial charge in [0.05, 0.1) is 9.87 Å². The lowest BCUT2D eigenvalue weighted by Crippen LogP contribution is -2.35. The van der Waals surface area contributed by atoms with E-state index in [1.807, 2.05) is 25.3 Å². The number of carbonyl (C=O) groups excluding carboxylic acids is 1. The molecule has 0 aliphatic heterocycles. The van der Waals surface area contributed by atoms with Gasteiger partial charge >= 0.3 is 0 Å². The Morgan fingerprint density at radius 3 is 2.94 bits per heavy atom. The molecule has 0 radical (unpaired) electrons. The van der Waals surface area contributed by atoms with E-state index in [1.165, 1.54) is 11.3 Å². The van der Waals surface area contributed by atoms with E-state index in [0.29, 0.717) is 11.4 Å². The summed E-state index contributed by atoms with van der Waals surface area (Å²) in [6.07, 6.45) is 1.41. The van der Waals surface area contributed by atoms with Gasteiger partial charge in [-0.2, -0.15) is 0 Å². The summed E-state index contributed by atoms with van der Waals surface area (Å²) in [7, 11) is 0. The highest BCUT2D eigenvalue weighted by molar-refractivity contribution is 7.80. The number of nitrogens with one attached hydrogen (secondary N) is 1. The summed E-state index contributed by atoms with van der Waals surface area (Å²) in [5.41, 5.74) is 6.51. The maximum Gasteiger partial charge on any atom is 0.261 e. The molecular formula is C11H16N2OS2. The van der Waals surface area contributed by atoms with Gasteiger partial charge in [0.25, 0.3) is 5.91 Å². The smallest absolute Gasteiger partial charge is 0.261 e. The Hall–Kier alpha value is -0.940. The number of carbonyl (C=O) groups is 1. The minimum Gasteiger partial charge on any atom is -0.393 e. The van der Waals surface area contributed by atoms with Crippen molar-refractivity contribution in [3.63, 3.8) is 0 Å². The van der Waals surface area contributed by atoms with Crippen LogP contribution in [0.15, 0.2) is 11.4 Å². The Morgan fingerprint density at radius 2 is 2.38 bits per heavy atom. The summed E-state index contributed by atoms with van der Waals surface area (Å²) < 4.78 is 0. The summed E-state index contributed by atoms with van der Waals surface area (Å²) in [5, 5.41) is 4.83. The minimum atomic E-state index is -0.0319. The molecule has 5 heteroatoms. The second-order valence-electron chi connectivity index (χ2n) is 3.67. The monoisotopic (exact) mass is 256 g/mol. The Bertz CT molecular complexity index is 387. The van der Waals surface area contributed by atoms with Crippen LogP contribution in [0.3, 0.4) is 0 Å². The summed E-state index contributed by atoms with van der Waals surface area (Å²) in [6, 6.07) is 1.97. The third-order valence-electron chi connectivity index (χ3n) is 2.22. The van der Waals surface area contributed by atoms with Crippen LogP contribution >= 0.6 is 23.6 Å². The van der Waals surface area contributed by atoms with Gasteiger partial charge in [-0.05, 0) is 30.4 Å². The Labute approximate surface area is 105 Å². The zero-order valence-electron chi connectivity index (χ0n) is 9.45. The molecule has 0 aromatic carbocycles. The number of nitrogens with two attached hydrogens (primary N) is 1. The number of thiocarbonyl (C=S) groups is 1. The Balaban J connectivity index is 2.62. The van der Waals surface area contributed by atoms with Gasteiger partial charge in [0, 0.05) is 12.5 Å². The lowest BCUT2D eigenvalue weighted by atomic mass is 10.2. The van der Waals surface area contributed by atoms with Crippen molar-refractivity contribution >= 4 is 34.5 Å². The van der Waals surface area contributed by atoms with Gasteiger partial charge in [0.15, 0.2) is 0 Å². The fourth-order valence-corrected chi connectivity index (χ4v) is 2.60. The van der Waals surface area contributed by atoms with E-state index in [9.17, 15) is 4.79 Å². The van der Waals surface area contributed by atoms with Crippen molar-refractivity contribution < 1.29 is 4.79 Å². The molecule has 1 atom stereocenters. The molecule has 0 aliphatic rings. The fraction of sp³-hybridized carbons (Fsp3) is 0.455. The molecule has 1 aromatic rings.